The number of nitrogens with one attached hydrogen (secondary N) is 1. The van der Waals surface area contributed by atoms with E-state index in [4.69, 9.17) is 0 Å². The van der Waals surface area contributed by atoms with E-state index in [-0.39, 0.29) is 25.1 Å². The number of hydrogen-bond donors (Lipinski definition) is 2. The minimum atomic E-state index is -3.24. The summed E-state index contributed by atoms with van der Waals surface area (Å²) in [4.78, 5) is 38.8. The molecule has 1 aromatic heterocycles. The van der Waals surface area contributed by atoms with Crippen LogP contribution in [-0.4, -0.2) is 45.4 Å². The first-order valence-electron chi connectivity index (χ1n) is 9.47. The van der Waals surface area contributed by atoms with Crippen LogP contribution in [0.1, 0.15) is 45.3 Å². The Bertz CT molecular complexity index is 1150. The summed E-state index contributed by atoms with van der Waals surface area (Å²) in [6.45, 7) is -0.688. The maximum Gasteiger partial charge on any atom is 0.274 e. The molecule has 0 radical (unpaired) electrons. The zero-order valence-corrected chi connectivity index (χ0v) is 16.0. The second kappa shape index (κ2) is 7.40. The van der Waals surface area contributed by atoms with E-state index in [2.05, 4.69) is 5.32 Å². The Hall–Kier alpha value is -3.37. The Morgan fingerprint density at radius 2 is 2.00 bits per heavy atom. The summed E-state index contributed by atoms with van der Waals surface area (Å²) < 4.78 is 56.9. The second-order valence-corrected chi connectivity index (χ2v) is 7.53. The molecular formula is C20H17F4N3O4. The van der Waals surface area contributed by atoms with E-state index >= 15 is 0 Å². The molecule has 2 aliphatic heterocycles. The number of alkyl halides is 2. The lowest BCUT2D eigenvalue weighted by Crippen LogP contribution is -2.48. The van der Waals surface area contributed by atoms with Crippen LogP contribution >= 0.6 is 0 Å². The number of carbonyl (C=O) groups excluding carboxylic acids is 2. The van der Waals surface area contributed by atoms with Crippen molar-refractivity contribution in [3.63, 3.8) is 0 Å². The molecule has 4 rings (SSSR count). The number of carbonyl (C=O) groups is 2. The van der Waals surface area contributed by atoms with Gasteiger partial charge in [0.25, 0.3) is 17.7 Å². The number of nitrogens with zero attached hydrogens (tertiary/aromatic N) is 2. The van der Waals surface area contributed by atoms with E-state index in [0.29, 0.717) is 6.07 Å². The molecule has 2 aliphatic rings. The number of rotatable bonds is 3. The zero-order chi connectivity index (χ0) is 22.5. The predicted molar refractivity (Wildman–Crippen MR) is 99.0 cm³/mol. The van der Waals surface area contributed by atoms with Gasteiger partial charge in [-0.1, -0.05) is 6.07 Å². The maximum atomic E-state index is 14.7. The summed E-state index contributed by atoms with van der Waals surface area (Å²) >= 11 is 0. The lowest BCUT2D eigenvalue weighted by atomic mass is 10.0. The molecule has 0 saturated carbocycles. The summed E-state index contributed by atoms with van der Waals surface area (Å²) in [5.74, 6) is -7.91. The number of benzene rings is 1. The first-order valence-corrected chi connectivity index (χ1v) is 9.47. The fraction of sp³-hybridized carbons (Fsp3) is 0.350. The van der Waals surface area contributed by atoms with Gasteiger partial charge in [0.15, 0.2) is 11.4 Å². The highest BCUT2D eigenvalue weighted by Crippen LogP contribution is 2.41. The van der Waals surface area contributed by atoms with Gasteiger partial charge < -0.3 is 19.9 Å². The molecule has 1 atom stereocenters. The van der Waals surface area contributed by atoms with Gasteiger partial charge in [0.05, 0.1) is 0 Å². The maximum absolute atomic E-state index is 14.7. The van der Waals surface area contributed by atoms with E-state index in [1.54, 1.807) is 0 Å². The number of halogens is 4. The quantitative estimate of drug-likeness (QED) is 0.718. The van der Waals surface area contributed by atoms with E-state index in [1.807, 2.05) is 0 Å². The van der Waals surface area contributed by atoms with Gasteiger partial charge in [0, 0.05) is 43.9 Å². The molecule has 0 spiro atoms. The smallest absolute Gasteiger partial charge is 0.274 e. The molecule has 11 heteroatoms. The zero-order valence-electron chi connectivity index (χ0n) is 16.0. The summed E-state index contributed by atoms with van der Waals surface area (Å²) in [5, 5.41) is 12.6. The van der Waals surface area contributed by atoms with Gasteiger partial charge >= 0.3 is 0 Å². The summed E-state index contributed by atoms with van der Waals surface area (Å²) in [7, 11) is 0. The van der Waals surface area contributed by atoms with Crippen molar-refractivity contribution in [1.29, 1.82) is 0 Å². The Morgan fingerprint density at radius 3 is 2.71 bits per heavy atom. The molecule has 1 unspecified atom stereocenters. The monoisotopic (exact) mass is 439 g/mol. The fourth-order valence-electron chi connectivity index (χ4n) is 3.91. The van der Waals surface area contributed by atoms with Crippen molar-refractivity contribution in [2.24, 2.45) is 0 Å². The predicted octanol–water partition coefficient (Wildman–Crippen LogP) is 2.19. The van der Waals surface area contributed by atoms with E-state index in [0.717, 1.165) is 27.8 Å². The van der Waals surface area contributed by atoms with Gasteiger partial charge in [-0.25, -0.2) is 17.6 Å². The van der Waals surface area contributed by atoms with Crippen molar-refractivity contribution in [1.82, 2.24) is 14.8 Å². The Balaban J connectivity index is 1.71. The van der Waals surface area contributed by atoms with Crippen LogP contribution in [0.2, 0.25) is 0 Å². The molecule has 3 heterocycles. The van der Waals surface area contributed by atoms with Gasteiger partial charge in [-0.3, -0.25) is 14.4 Å². The molecule has 31 heavy (non-hydrogen) atoms. The number of aromatic hydroxyl groups is 1. The molecular weight excluding hydrogens is 422 g/mol. The van der Waals surface area contributed by atoms with Crippen LogP contribution in [0.15, 0.2) is 29.2 Å². The largest absolute Gasteiger partial charge is 0.503 e. The number of amides is 2. The van der Waals surface area contributed by atoms with Crippen LogP contribution < -0.4 is 10.7 Å². The number of hydrogen-bond acceptors (Lipinski definition) is 4. The van der Waals surface area contributed by atoms with Gasteiger partial charge in [-0.15, -0.1) is 0 Å². The average molecular weight is 439 g/mol. The Kier molecular flexibility index (Phi) is 4.98. The van der Waals surface area contributed by atoms with Crippen molar-refractivity contribution in [3.8, 4) is 5.75 Å². The first-order chi connectivity index (χ1) is 14.6. The van der Waals surface area contributed by atoms with Crippen molar-refractivity contribution in [2.75, 3.05) is 13.1 Å². The van der Waals surface area contributed by atoms with Crippen LogP contribution in [0.25, 0.3) is 0 Å². The highest BCUT2D eigenvalue weighted by Gasteiger charge is 2.49. The highest BCUT2D eigenvalue weighted by atomic mass is 19.3. The minimum absolute atomic E-state index is 0.0470. The third-order valence-corrected chi connectivity index (χ3v) is 5.55. The molecule has 1 aromatic carbocycles. The third kappa shape index (κ3) is 3.53. The molecule has 2 N–H and O–H groups in total. The highest BCUT2D eigenvalue weighted by molar-refractivity contribution is 5.99. The van der Waals surface area contributed by atoms with Gasteiger partial charge in [-0.05, 0) is 12.5 Å². The van der Waals surface area contributed by atoms with Gasteiger partial charge in [0.2, 0.25) is 5.43 Å². The first kappa shape index (κ1) is 20.9. The summed E-state index contributed by atoms with van der Waals surface area (Å²) in [6.07, 6.45) is 0.372. The normalized spacial score (nSPS) is 19.5. The van der Waals surface area contributed by atoms with Crippen molar-refractivity contribution in [3.05, 3.63) is 63.1 Å². The SMILES string of the molecule is O=C(NCc1ccc(F)cc1F)c1cn2c(c(O)c1=O)C(=O)N1CCCC(F)(F)C2C1. The summed E-state index contributed by atoms with van der Waals surface area (Å²) in [5.41, 5.74) is -2.55. The van der Waals surface area contributed by atoms with Crippen LogP contribution in [0.5, 0.6) is 5.75 Å². The molecule has 1 fully saturated rings. The third-order valence-electron chi connectivity index (χ3n) is 5.55. The number of fused-ring (bicyclic) bond motifs is 4. The van der Waals surface area contributed by atoms with Crippen LogP contribution in [0.3, 0.4) is 0 Å². The summed E-state index contributed by atoms with van der Waals surface area (Å²) in [6, 6.07) is 1.14. The van der Waals surface area contributed by atoms with Crippen molar-refractivity contribution >= 4 is 11.8 Å². The lowest BCUT2D eigenvalue weighted by molar-refractivity contribution is -0.0597. The molecule has 164 valence electrons. The molecule has 2 aromatic rings. The fourth-order valence-corrected chi connectivity index (χ4v) is 3.91. The molecule has 2 bridgehead atoms. The lowest BCUT2D eigenvalue weighted by Gasteiger charge is -2.37. The Labute approximate surface area is 172 Å². The van der Waals surface area contributed by atoms with Crippen molar-refractivity contribution in [2.45, 2.75) is 31.4 Å². The van der Waals surface area contributed by atoms with Crippen LogP contribution in [0, 0.1) is 11.6 Å². The Morgan fingerprint density at radius 1 is 1.26 bits per heavy atom. The molecule has 1 saturated heterocycles. The average Bonchev–Trinajstić information content (AvgIpc) is 2.84. The van der Waals surface area contributed by atoms with Gasteiger partial charge in [0.1, 0.15) is 23.2 Å². The van der Waals surface area contributed by atoms with Gasteiger partial charge in [-0.2, -0.15) is 0 Å². The molecule has 7 nitrogen and oxygen atoms in total. The second-order valence-electron chi connectivity index (χ2n) is 7.53. The van der Waals surface area contributed by atoms with E-state index in [9.17, 15) is 37.1 Å². The standard InChI is InChI=1S/C20H17F4N3O4/c21-11-3-2-10(13(22)6-11)7-25-18(30)12-8-27-14-9-26(5-1-4-20(14,23)24)19(31)15(27)17(29)16(12)28/h2-3,6,8,14,29H,1,4-5,7,9H2,(H,25,30). The number of pyridine rings is 1. The topological polar surface area (TPSA) is 91.6 Å². The van der Waals surface area contributed by atoms with E-state index in [1.165, 1.54) is 0 Å². The number of aromatic nitrogens is 1. The molecule has 0 aliphatic carbocycles. The minimum Gasteiger partial charge on any atom is -0.503 e. The van der Waals surface area contributed by atoms with Crippen LogP contribution in [0.4, 0.5) is 17.6 Å². The van der Waals surface area contributed by atoms with Crippen molar-refractivity contribution < 1.29 is 32.3 Å². The van der Waals surface area contributed by atoms with Crippen LogP contribution in [-0.2, 0) is 6.54 Å². The molecule has 2 amide bonds. The van der Waals surface area contributed by atoms with E-state index < -0.39 is 70.8 Å².